The number of fused-ring (bicyclic) bond motifs is 6. The molecule has 4 aliphatic rings. The van der Waals surface area contributed by atoms with E-state index in [4.69, 9.17) is 0 Å². The first kappa shape index (κ1) is 19.1. The van der Waals surface area contributed by atoms with E-state index in [2.05, 4.69) is 11.4 Å². The van der Waals surface area contributed by atoms with E-state index >= 15 is 0 Å². The van der Waals surface area contributed by atoms with Gasteiger partial charge in [0.25, 0.3) is 0 Å². The highest BCUT2D eigenvalue weighted by Crippen LogP contribution is 2.56. The largest absolute Gasteiger partial charge is 0.508 e. The third-order valence-corrected chi connectivity index (χ3v) is 7.96. The number of benzene rings is 1. The summed E-state index contributed by atoms with van der Waals surface area (Å²) in [4.78, 5) is 27.0. The monoisotopic (exact) mass is 396 g/mol. The molecule has 3 fully saturated rings. The van der Waals surface area contributed by atoms with Gasteiger partial charge in [0.05, 0.1) is 11.8 Å². The molecule has 1 heterocycles. The van der Waals surface area contributed by atoms with Gasteiger partial charge in [-0.1, -0.05) is 6.07 Å². The van der Waals surface area contributed by atoms with E-state index in [9.17, 15) is 14.7 Å². The molecule has 1 aliphatic heterocycles. The van der Waals surface area contributed by atoms with Gasteiger partial charge < -0.3 is 10.4 Å². The highest BCUT2D eigenvalue weighted by atomic mass is 16.3. The summed E-state index contributed by atoms with van der Waals surface area (Å²) < 4.78 is 0. The minimum absolute atomic E-state index is 0.0213. The van der Waals surface area contributed by atoms with Crippen LogP contribution in [0.3, 0.4) is 0 Å². The zero-order valence-corrected chi connectivity index (χ0v) is 17.1. The van der Waals surface area contributed by atoms with Crippen molar-refractivity contribution in [2.45, 2.75) is 51.4 Å². The molecule has 3 unspecified atom stereocenters. The van der Waals surface area contributed by atoms with Crippen molar-refractivity contribution >= 4 is 11.8 Å². The maximum absolute atomic E-state index is 12.7. The number of hydrogen-bond acceptors (Lipinski definition) is 4. The molecule has 29 heavy (non-hydrogen) atoms. The predicted octanol–water partition coefficient (Wildman–Crippen LogP) is 2.90. The topological polar surface area (TPSA) is 69.6 Å². The summed E-state index contributed by atoms with van der Waals surface area (Å²) >= 11 is 0. The maximum Gasteiger partial charge on any atom is 0.233 e. The first-order chi connectivity index (χ1) is 14.1. The van der Waals surface area contributed by atoms with Gasteiger partial charge in [0.2, 0.25) is 11.8 Å². The molecular weight excluding hydrogens is 364 g/mol. The Labute approximate surface area is 172 Å². The number of nitrogens with one attached hydrogen (secondary N) is 1. The summed E-state index contributed by atoms with van der Waals surface area (Å²) in [6.07, 6.45) is 8.58. The SMILES string of the molecule is O=C1C2C(C(=O)N1CCCCNCC1CCc3ccc(O)cc3C1)[C@H]1CC[C@@H]2C1. The Morgan fingerprint density at radius 2 is 1.76 bits per heavy atom. The van der Waals surface area contributed by atoms with Crippen molar-refractivity contribution in [2.24, 2.45) is 29.6 Å². The van der Waals surface area contributed by atoms with E-state index in [0.717, 1.165) is 58.0 Å². The minimum Gasteiger partial charge on any atom is -0.508 e. The number of amides is 2. The zero-order chi connectivity index (χ0) is 20.0. The molecule has 1 aromatic rings. The second kappa shape index (κ2) is 7.75. The highest BCUT2D eigenvalue weighted by molar-refractivity contribution is 6.06. The average molecular weight is 397 g/mol. The van der Waals surface area contributed by atoms with Gasteiger partial charge in [-0.3, -0.25) is 14.5 Å². The number of hydrogen-bond donors (Lipinski definition) is 2. The predicted molar refractivity (Wildman–Crippen MR) is 110 cm³/mol. The molecule has 0 radical (unpaired) electrons. The number of nitrogens with zero attached hydrogens (tertiary/aromatic N) is 1. The lowest BCUT2D eigenvalue weighted by molar-refractivity contribution is -0.140. The van der Waals surface area contributed by atoms with Crippen molar-refractivity contribution in [1.82, 2.24) is 10.2 Å². The van der Waals surface area contributed by atoms with Gasteiger partial charge in [-0.2, -0.15) is 0 Å². The van der Waals surface area contributed by atoms with Gasteiger partial charge >= 0.3 is 0 Å². The Morgan fingerprint density at radius 1 is 1.00 bits per heavy atom. The molecule has 1 saturated heterocycles. The number of carbonyl (C=O) groups is 2. The van der Waals surface area contributed by atoms with Gasteiger partial charge in [-0.05, 0) is 105 Å². The van der Waals surface area contributed by atoms with E-state index < -0.39 is 0 Å². The Balaban J connectivity index is 1.02. The van der Waals surface area contributed by atoms with Crippen LogP contribution >= 0.6 is 0 Å². The lowest BCUT2D eigenvalue weighted by Crippen LogP contribution is -2.34. The molecule has 0 aromatic heterocycles. The zero-order valence-electron chi connectivity index (χ0n) is 17.1. The van der Waals surface area contributed by atoms with E-state index in [1.54, 1.807) is 11.0 Å². The normalized spacial score (nSPS) is 32.7. The van der Waals surface area contributed by atoms with Crippen LogP contribution in [-0.2, 0) is 22.4 Å². The van der Waals surface area contributed by atoms with Crippen molar-refractivity contribution in [3.63, 3.8) is 0 Å². The summed E-state index contributed by atoms with van der Waals surface area (Å²) in [5.41, 5.74) is 2.66. The van der Waals surface area contributed by atoms with Crippen LogP contribution in [0.15, 0.2) is 18.2 Å². The van der Waals surface area contributed by atoms with Gasteiger partial charge in [-0.15, -0.1) is 0 Å². The van der Waals surface area contributed by atoms with Crippen molar-refractivity contribution < 1.29 is 14.7 Å². The number of rotatable bonds is 7. The van der Waals surface area contributed by atoms with E-state index in [1.165, 1.54) is 17.5 Å². The summed E-state index contributed by atoms with van der Waals surface area (Å²) in [7, 11) is 0. The molecule has 5 nitrogen and oxygen atoms in total. The highest BCUT2D eigenvalue weighted by Gasteiger charge is 2.60. The number of carbonyl (C=O) groups excluding carboxylic acids is 2. The second-order valence-corrected chi connectivity index (χ2v) is 9.69. The van der Waals surface area contributed by atoms with Crippen molar-refractivity contribution in [1.29, 1.82) is 0 Å². The van der Waals surface area contributed by atoms with Gasteiger partial charge in [0.15, 0.2) is 0 Å². The van der Waals surface area contributed by atoms with E-state index in [-0.39, 0.29) is 23.7 Å². The number of imide groups is 1. The smallest absolute Gasteiger partial charge is 0.233 e. The van der Waals surface area contributed by atoms with Gasteiger partial charge in [0.1, 0.15) is 5.75 Å². The summed E-state index contributed by atoms with van der Waals surface area (Å²) in [6, 6.07) is 5.74. The fourth-order valence-corrected chi connectivity index (χ4v) is 6.51. The summed E-state index contributed by atoms with van der Waals surface area (Å²) in [5.74, 6) is 2.24. The lowest BCUT2D eigenvalue weighted by Gasteiger charge is -2.25. The first-order valence-corrected chi connectivity index (χ1v) is 11.5. The number of phenols is 1. The average Bonchev–Trinajstić information content (AvgIpc) is 3.39. The van der Waals surface area contributed by atoms with Crippen LogP contribution in [0.5, 0.6) is 5.75 Å². The summed E-state index contributed by atoms with van der Waals surface area (Å²) in [6.45, 7) is 2.52. The minimum atomic E-state index is 0.0213. The molecule has 156 valence electrons. The van der Waals surface area contributed by atoms with E-state index in [0.29, 0.717) is 30.0 Å². The van der Waals surface area contributed by atoms with Crippen LogP contribution in [0.2, 0.25) is 0 Å². The number of likely N-dealkylation sites (tertiary alicyclic amines) is 1. The van der Waals surface area contributed by atoms with Crippen LogP contribution in [0.4, 0.5) is 0 Å². The van der Waals surface area contributed by atoms with Gasteiger partial charge in [-0.25, -0.2) is 0 Å². The fourth-order valence-electron chi connectivity index (χ4n) is 6.51. The maximum atomic E-state index is 12.7. The Morgan fingerprint density at radius 3 is 2.52 bits per heavy atom. The number of aromatic hydroxyl groups is 1. The fraction of sp³-hybridized carbons (Fsp3) is 0.667. The Bertz CT molecular complexity index is 779. The molecule has 2 amide bonds. The van der Waals surface area contributed by atoms with Crippen LogP contribution in [0.25, 0.3) is 0 Å². The molecular formula is C24H32N2O3. The number of phenolic OH excluding ortho intramolecular Hbond substituents is 1. The van der Waals surface area contributed by atoms with Crippen LogP contribution < -0.4 is 5.32 Å². The standard InChI is InChI=1S/C24H32N2O3/c27-20-8-7-16-4-3-15(11-19(16)13-20)14-25-9-1-2-10-26-23(28)21-17-5-6-18(12-17)22(21)24(26)29/h7-8,13,15,17-18,21-22,25,27H,1-6,9-12,14H2/t15?,17-,18+,21?,22?. The van der Waals surface area contributed by atoms with Crippen molar-refractivity contribution in [3.05, 3.63) is 29.3 Å². The first-order valence-electron chi connectivity index (χ1n) is 11.5. The van der Waals surface area contributed by atoms with Gasteiger partial charge in [0, 0.05) is 6.54 Å². The molecule has 1 aromatic carbocycles. The van der Waals surface area contributed by atoms with Crippen LogP contribution in [-0.4, -0.2) is 41.5 Å². The van der Waals surface area contributed by atoms with Crippen molar-refractivity contribution in [2.75, 3.05) is 19.6 Å². The number of unbranched alkanes of at least 4 members (excludes halogenated alkanes) is 1. The molecule has 5 heteroatoms. The summed E-state index contributed by atoms with van der Waals surface area (Å²) in [5, 5.41) is 13.3. The third kappa shape index (κ3) is 3.48. The lowest BCUT2D eigenvalue weighted by atomic mass is 9.81. The molecule has 0 spiro atoms. The molecule has 2 bridgehead atoms. The quantitative estimate of drug-likeness (QED) is 0.549. The molecule has 5 atom stereocenters. The van der Waals surface area contributed by atoms with Crippen LogP contribution in [0.1, 0.15) is 49.7 Å². The van der Waals surface area contributed by atoms with Crippen molar-refractivity contribution in [3.8, 4) is 5.75 Å². The molecule has 3 aliphatic carbocycles. The van der Waals surface area contributed by atoms with E-state index in [1.807, 2.05) is 6.07 Å². The Hall–Kier alpha value is -1.88. The second-order valence-electron chi connectivity index (χ2n) is 9.69. The molecule has 5 rings (SSSR count). The molecule has 2 N–H and O–H groups in total. The molecule has 2 saturated carbocycles. The Kier molecular flexibility index (Phi) is 5.10. The van der Waals surface area contributed by atoms with Crippen LogP contribution in [0, 0.1) is 29.6 Å². The third-order valence-electron chi connectivity index (χ3n) is 7.96. The number of aryl methyl sites for hydroxylation is 1.